The summed E-state index contributed by atoms with van der Waals surface area (Å²) >= 11 is 0. The number of fused-ring (bicyclic) bond motifs is 1. The summed E-state index contributed by atoms with van der Waals surface area (Å²) in [5, 5.41) is 3.48. The van der Waals surface area contributed by atoms with Crippen molar-refractivity contribution in [3.63, 3.8) is 0 Å². The second kappa shape index (κ2) is 10.7. The van der Waals surface area contributed by atoms with E-state index in [0.29, 0.717) is 16.7 Å². The number of amides is 2. The Balaban J connectivity index is 1.62. The van der Waals surface area contributed by atoms with Crippen LogP contribution in [0.25, 0.3) is 11.0 Å². The molecule has 1 aromatic heterocycles. The molecule has 33 heavy (non-hydrogen) atoms. The SMILES string of the molecule is CCN(CC)c1ccc2c(C)c(CCOC(=O)NCc3cccc(C(N)=O)c3)c(=O)oc2c1. The number of benzene rings is 2. The number of carbonyl (C=O) groups is 2. The number of nitrogens with two attached hydrogens (primary N) is 1. The number of nitrogens with one attached hydrogen (secondary N) is 1. The second-order valence-corrected chi connectivity index (χ2v) is 7.65. The fourth-order valence-corrected chi connectivity index (χ4v) is 3.76. The van der Waals surface area contributed by atoms with Gasteiger partial charge in [0, 0.05) is 54.3 Å². The van der Waals surface area contributed by atoms with Gasteiger partial charge in [0.2, 0.25) is 5.91 Å². The van der Waals surface area contributed by atoms with Crippen molar-refractivity contribution in [3.8, 4) is 0 Å². The molecule has 0 unspecified atom stereocenters. The van der Waals surface area contributed by atoms with E-state index < -0.39 is 17.6 Å². The molecule has 0 spiro atoms. The van der Waals surface area contributed by atoms with Crippen molar-refractivity contribution in [2.45, 2.75) is 33.7 Å². The number of anilines is 1. The molecule has 8 nitrogen and oxygen atoms in total. The predicted molar refractivity (Wildman–Crippen MR) is 128 cm³/mol. The molecule has 3 N–H and O–H groups in total. The minimum atomic E-state index is -0.619. The quantitative estimate of drug-likeness (QED) is 0.481. The first kappa shape index (κ1) is 23.8. The Labute approximate surface area is 192 Å². The fraction of sp³-hybridized carbons (Fsp3) is 0.320. The highest BCUT2D eigenvalue weighted by atomic mass is 16.5. The molecule has 2 amide bonds. The van der Waals surface area contributed by atoms with Gasteiger partial charge in [-0.1, -0.05) is 12.1 Å². The molecule has 3 aromatic rings. The van der Waals surface area contributed by atoms with Crippen LogP contribution in [-0.4, -0.2) is 31.7 Å². The van der Waals surface area contributed by atoms with Gasteiger partial charge >= 0.3 is 11.7 Å². The number of carbonyl (C=O) groups excluding carboxylic acids is 2. The van der Waals surface area contributed by atoms with Crippen LogP contribution in [0.4, 0.5) is 10.5 Å². The molecule has 0 bridgehead atoms. The zero-order chi connectivity index (χ0) is 24.0. The molecule has 0 aliphatic rings. The van der Waals surface area contributed by atoms with Crippen LogP contribution in [0.3, 0.4) is 0 Å². The number of ether oxygens (including phenoxy) is 1. The van der Waals surface area contributed by atoms with E-state index >= 15 is 0 Å². The summed E-state index contributed by atoms with van der Waals surface area (Å²) in [5.41, 5.74) is 8.78. The standard InChI is InChI=1S/C25H29N3O5/c1-4-28(5-2)19-9-10-20-16(3)21(24(30)33-22(20)14-19)11-12-32-25(31)27-15-17-7-6-8-18(13-17)23(26)29/h6-10,13-14H,4-5,11-12,15H2,1-3H3,(H2,26,29)(H,27,31). The highest BCUT2D eigenvalue weighted by Crippen LogP contribution is 2.25. The summed E-state index contributed by atoms with van der Waals surface area (Å²) in [6.45, 7) is 7.96. The first-order valence-corrected chi connectivity index (χ1v) is 10.9. The zero-order valence-corrected chi connectivity index (χ0v) is 19.1. The number of hydrogen-bond donors (Lipinski definition) is 2. The predicted octanol–water partition coefficient (Wildman–Crippen LogP) is 3.52. The first-order valence-electron chi connectivity index (χ1n) is 10.9. The Morgan fingerprint density at radius 2 is 1.88 bits per heavy atom. The van der Waals surface area contributed by atoms with Crippen LogP contribution < -0.4 is 21.6 Å². The van der Waals surface area contributed by atoms with Gasteiger partial charge in [-0.05, 0) is 56.2 Å². The molecule has 0 saturated heterocycles. The largest absolute Gasteiger partial charge is 0.449 e. The van der Waals surface area contributed by atoms with Crippen molar-refractivity contribution in [1.82, 2.24) is 5.32 Å². The molecule has 3 rings (SSSR count). The fourth-order valence-electron chi connectivity index (χ4n) is 3.76. The van der Waals surface area contributed by atoms with Gasteiger partial charge in [-0.3, -0.25) is 4.79 Å². The van der Waals surface area contributed by atoms with Gasteiger partial charge in [-0.25, -0.2) is 9.59 Å². The smallest absolute Gasteiger partial charge is 0.407 e. The Morgan fingerprint density at radius 1 is 1.12 bits per heavy atom. The van der Waals surface area contributed by atoms with Crippen molar-refractivity contribution in [2.75, 3.05) is 24.6 Å². The number of alkyl carbamates (subject to hydrolysis) is 1. The van der Waals surface area contributed by atoms with E-state index in [1.807, 2.05) is 25.1 Å². The van der Waals surface area contributed by atoms with Crippen LogP contribution in [0, 0.1) is 6.92 Å². The molecule has 0 aliphatic heterocycles. The third-order valence-electron chi connectivity index (χ3n) is 5.63. The summed E-state index contributed by atoms with van der Waals surface area (Å²) in [6.07, 6.45) is -0.377. The lowest BCUT2D eigenvalue weighted by Crippen LogP contribution is -2.25. The lowest BCUT2D eigenvalue weighted by atomic mass is 10.0. The topological polar surface area (TPSA) is 115 Å². The molecular formula is C25H29N3O5. The van der Waals surface area contributed by atoms with Crippen molar-refractivity contribution >= 4 is 28.7 Å². The van der Waals surface area contributed by atoms with Crippen LogP contribution in [0.1, 0.15) is 40.9 Å². The average molecular weight is 452 g/mol. The molecule has 174 valence electrons. The van der Waals surface area contributed by atoms with Crippen molar-refractivity contribution in [2.24, 2.45) is 5.73 Å². The van der Waals surface area contributed by atoms with E-state index in [1.54, 1.807) is 24.3 Å². The molecule has 0 fully saturated rings. The van der Waals surface area contributed by atoms with Crippen LogP contribution in [-0.2, 0) is 17.7 Å². The van der Waals surface area contributed by atoms with Crippen LogP contribution in [0.2, 0.25) is 0 Å². The molecule has 1 heterocycles. The number of hydrogen-bond acceptors (Lipinski definition) is 6. The van der Waals surface area contributed by atoms with Crippen molar-refractivity contribution in [1.29, 1.82) is 0 Å². The highest BCUT2D eigenvalue weighted by Gasteiger charge is 2.14. The van der Waals surface area contributed by atoms with E-state index in [2.05, 4.69) is 24.1 Å². The number of primary amides is 1. The maximum atomic E-state index is 12.6. The number of rotatable bonds is 9. The van der Waals surface area contributed by atoms with E-state index in [1.165, 1.54) is 0 Å². The summed E-state index contributed by atoms with van der Waals surface area (Å²) in [6, 6.07) is 12.5. The van der Waals surface area contributed by atoms with Gasteiger partial charge in [-0.2, -0.15) is 0 Å². The first-order chi connectivity index (χ1) is 15.8. The van der Waals surface area contributed by atoms with Crippen molar-refractivity contribution < 1.29 is 18.7 Å². The normalized spacial score (nSPS) is 10.8. The van der Waals surface area contributed by atoms with Crippen LogP contribution in [0.5, 0.6) is 0 Å². The average Bonchev–Trinajstić information content (AvgIpc) is 2.80. The van der Waals surface area contributed by atoms with Crippen LogP contribution in [0.15, 0.2) is 51.7 Å². The maximum Gasteiger partial charge on any atom is 0.407 e. The molecule has 8 heteroatoms. The summed E-state index contributed by atoms with van der Waals surface area (Å²) < 4.78 is 10.8. The van der Waals surface area contributed by atoms with E-state index in [9.17, 15) is 14.4 Å². The van der Waals surface area contributed by atoms with Gasteiger partial charge in [0.25, 0.3) is 0 Å². The molecule has 0 saturated carbocycles. The number of aryl methyl sites for hydroxylation is 1. The molecule has 0 radical (unpaired) electrons. The third kappa shape index (κ3) is 5.71. The minimum absolute atomic E-state index is 0.0296. The van der Waals surface area contributed by atoms with E-state index in [-0.39, 0.29) is 19.6 Å². The Kier molecular flexibility index (Phi) is 7.71. The van der Waals surface area contributed by atoms with E-state index in [0.717, 1.165) is 35.3 Å². The molecular weight excluding hydrogens is 422 g/mol. The summed E-state index contributed by atoms with van der Waals surface area (Å²) in [4.78, 5) is 38.0. The van der Waals surface area contributed by atoms with Crippen LogP contribution >= 0.6 is 0 Å². The highest BCUT2D eigenvalue weighted by molar-refractivity contribution is 5.92. The summed E-state index contributed by atoms with van der Waals surface area (Å²) in [5.74, 6) is -0.534. The Hall–Kier alpha value is -3.81. The van der Waals surface area contributed by atoms with Gasteiger partial charge in [-0.15, -0.1) is 0 Å². The minimum Gasteiger partial charge on any atom is -0.449 e. The summed E-state index contributed by atoms with van der Waals surface area (Å²) in [7, 11) is 0. The lowest BCUT2D eigenvalue weighted by molar-refractivity contribution is 0.1000. The maximum absolute atomic E-state index is 12.6. The number of nitrogens with zero attached hydrogens (tertiary/aromatic N) is 1. The Morgan fingerprint density at radius 3 is 2.58 bits per heavy atom. The lowest BCUT2D eigenvalue weighted by Gasteiger charge is -2.21. The Bertz CT molecular complexity index is 1210. The monoisotopic (exact) mass is 451 g/mol. The second-order valence-electron chi connectivity index (χ2n) is 7.65. The molecule has 0 aliphatic carbocycles. The zero-order valence-electron chi connectivity index (χ0n) is 19.1. The molecule has 0 atom stereocenters. The third-order valence-corrected chi connectivity index (χ3v) is 5.63. The van der Waals surface area contributed by atoms with Gasteiger partial charge < -0.3 is 25.1 Å². The van der Waals surface area contributed by atoms with Gasteiger partial charge in [0.1, 0.15) is 5.58 Å². The van der Waals surface area contributed by atoms with Gasteiger partial charge in [0.15, 0.2) is 0 Å². The van der Waals surface area contributed by atoms with E-state index in [4.69, 9.17) is 14.9 Å². The molecule has 2 aromatic carbocycles. The van der Waals surface area contributed by atoms with Gasteiger partial charge in [0.05, 0.1) is 6.61 Å². The van der Waals surface area contributed by atoms with Crippen molar-refractivity contribution in [3.05, 3.63) is 75.1 Å².